The number of carbonyl (C=O) groups excluding carboxylic acids is 3. The van der Waals surface area contributed by atoms with Crippen LogP contribution >= 0.6 is 11.8 Å². The van der Waals surface area contributed by atoms with E-state index in [0.29, 0.717) is 19.6 Å². The number of carbonyl (C=O) groups is 3. The van der Waals surface area contributed by atoms with E-state index >= 15 is 0 Å². The normalized spacial score (nSPS) is 17.1. The number of piperazine rings is 1. The summed E-state index contributed by atoms with van der Waals surface area (Å²) in [5, 5.41) is 7.99. The van der Waals surface area contributed by atoms with Gasteiger partial charge in [-0.15, -0.1) is 0 Å². The van der Waals surface area contributed by atoms with Crippen molar-refractivity contribution in [1.82, 2.24) is 30.8 Å². The molecule has 2 rings (SSSR count). The Morgan fingerprint density at radius 1 is 1.48 bits per heavy atom. The highest BCUT2D eigenvalue weighted by Crippen LogP contribution is 2.12. The van der Waals surface area contributed by atoms with Gasteiger partial charge in [-0.05, 0) is 6.92 Å². The van der Waals surface area contributed by atoms with Crippen molar-refractivity contribution in [3.63, 3.8) is 0 Å². The Bertz CT molecular complexity index is 620. The molecule has 9 nitrogen and oxygen atoms in total. The highest BCUT2D eigenvalue weighted by molar-refractivity contribution is 7.98. The molecule has 1 aromatic heterocycles. The van der Waals surface area contributed by atoms with Crippen LogP contribution in [0.3, 0.4) is 0 Å². The fourth-order valence-corrected chi connectivity index (χ4v) is 3.35. The van der Waals surface area contributed by atoms with E-state index < -0.39 is 6.04 Å². The van der Waals surface area contributed by atoms with Crippen molar-refractivity contribution in [3.05, 3.63) is 17.7 Å². The van der Waals surface area contributed by atoms with E-state index in [1.807, 2.05) is 6.92 Å². The van der Waals surface area contributed by atoms with Crippen molar-refractivity contribution in [2.75, 3.05) is 32.4 Å². The van der Waals surface area contributed by atoms with Crippen molar-refractivity contribution in [2.24, 2.45) is 0 Å². The molecule has 25 heavy (non-hydrogen) atoms. The maximum absolute atomic E-state index is 12.3. The van der Waals surface area contributed by atoms with E-state index in [2.05, 4.69) is 25.9 Å². The van der Waals surface area contributed by atoms with Gasteiger partial charge in [-0.25, -0.2) is 9.78 Å². The summed E-state index contributed by atoms with van der Waals surface area (Å²) in [4.78, 5) is 44.6. The number of hydrogen-bond acceptors (Lipinski definition) is 5. The summed E-state index contributed by atoms with van der Waals surface area (Å²) in [6, 6.07) is -1.09. The smallest absolute Gasteiger partial charge is 0.318 e. The minimum absolute atomic E-state index is 0.0388. The van der Waals surface area contributed by atoms with Gasteiger partial charge >= 0.3 is 6.03 Å². The van der Waals surface area contributed by atoms with E-state index in [1.54, 1.807) is 18.1 Å². The fraction of sp³-hybridized carbons (Fsp3) is 0.600. The van der Waals surface area contributed by atoms with Gasteiger partial charge in [-0.1, -0.05) is 0 Å². The van der Waals surface area contributed by atoms with E-state index in [9.17, 15) is 14.4 Å². The molecule has 0 aliphatic carbocycles. The molecule has 0 spiro atoms. The number of aromatic amines is 1. The highest BCUT2D eigenvalue weighted by atomic mass is 32.2. The molecule has 0 bridgehead atoms. The van der Waals surface area contributed by atoms with E-state index in [4.69, 9.17) is 0 Å². The molecule has 1 aliphatic rings. The molecule has 1 aromatic rings. The van der Waals surface area contributed by atoms with Gasteiger partial charge in [-0.3, -0.25) is 9.59 Å². The molecule has 2 heterocycles. The number of amides is 4. The predicted octanol–water partition coefficient (Wildman–Crippen LogP) is -0.403. The Morgan fingerprint density at radius 3 is 2.96 bits per heavy atom. The summed E-state index contributed by atoms with van der Waals surface area (Å²) < 4.78 is 0. The summed E-state index contributed by atoms with van der Waals surface area (Å²) in [6.07, 6.45) is 1.63. The summed E-state index contributed by atoms with van der Waals surface area (Å²) >= 11 is 1.67. The SMILES string of the molecule is CNC(=O)CC1C(=O)NCCN1C(=O)NCCSCc1nc[nH]c1C. The first-order chi connectivity index (χ1) is 12.0. The van der Waals surface area contributed by atoms with Gasteiger partial charge in [0.1, 0.15) is 6.04 Å². The number of aryl methyl sites for hydroxylation is 1. The molecule has 1 saturated heterocycles. The van der Waals surface area contributed by atoms with Crippen LogP contribution in [0, 0.1) is 6.92 Å². The highest BCUT2D eigenvalue weighted by Gasteiger charge is 2.34. The lowest BCUT2D eigenvalue weighted by Gasteiger charge is -2.34. The molecule has 138 valence electrons. The number of nitrogens with zero attached hydrogens (tertiary/aromatic N) is 2. The number of urea groups is 1. The zero-order valence-electron chi connectivity index (χ0n) is 14.4. The van der Waals surface area contributed by atoms with Crippen LogP contribution in [0.25, 0.3) is 0 Å². The number of nitrogens with one attached hydrogen (secondary N) is 4. The van der Waals surface area contributed by atoms with Crippen LogP contribution in [-0.2, 0) is 15.3 Å². The zero-order chi connectivity index (χ0) is 18.2. The molecule has 1 unspecified atom stereocenters. The first-order valence-corrected chi connectivity index (χ1v) is 9.27. The number of imidazole rings is 1. The second-order valence-electron chi connectivity index (χ2n) is 5.64. The van der Waals surface area contributed by atoms with E-state index in [0.717, 1.165) is 22.9 Å². The van der Waals surface area contributed by atoms with Crippen molar-refractivity contribution in [2.45, 2.75) is 25.1 Å². The molecule has 1 atom stereocenters. The Kier molecular flexibility index (Phi) is 7.11. The Balaban J connectivity index is 1.76. The van der Waals surface area contributed by atoms with Crippen LogP contribution in [-0.4, -0.2) is 71.2 Å². The molecule has 1 aliphatic heterocycles. The summed E-state index contributed by atoms with van der Waals surface area (Å²) in [5.41, 5.74) is 2.06. The molecule has 4 amide bonds. The third-order valence-corrected chi connectivity index (χ3v) is 4.92. The minimum Gasteiger partial charge on any atom is -0.359 e. The van der Waals surface area contributed by atoms with Crippen LogP contribution < -0.4 is 16.0 Å². The third kappa shape index (κ3) is 5.38. The molecule has 1 fully saturated rings. The standard InChI is InChI=1S/C15H24N6O3S/c1-10-11(20-9-19-10)8-25-6-4-18-15(24)21-5-3-17-14(23)12(21)7-13(22)16-2/h9,12H,3-8H2,1-2H3,(H,16,22)(H,17,23)(H,18,24)(H,19,20). The van der Waals surface area contributed by atoms with E-state index in [-0.39, 0.29) is 24.3 Å². The lowest BCUT2D eigenvalue weighted by Crippen LogP contribution is -2.60. The van der Waals surface area contributed by atoms with Crippen LogP contribution in [0.1, 0.15) is 17.8 Å². The summed E-state index contributed by atoms with van der Waals surface area (Å²) in [6.45, 7) is 3.24. The largest absolute Gasteiger partial charge is 0.359 e. The van der Waals surface area contributed by atoms with E-state index in [1.165, 1.54) is 11.9 Å². The van der Waals surface area contributed by atoms with Crippen LogP contribution in [0.2, 0.25) is 0 Å². The fourth-order valence-electron chi connectivity index (χ4n) is 2.47. The number of aromatic nitrogens is 2. The van der Waals surface area contributed by atoms with Crippen molar-refractivity contribution in [1.29, 1.82) is 0 Å². The molecular formula is C15H24N6O3S. The second-order valence-corrected chi connectivity index (χ2v) is 6.74. The number of hydrogen-bond donors (Lipinski definition) is 4. The third-order valence-electron chi connectivity index (χ3n) is 3.94. The van der Waals surface area contributed by atoms with Crippen molar-refractivity contribution >= 4 is 29.6 Å². The Hall–Kier alpha value is -2.23. The number of rotatable bonds is 7. The lowest BCUT2D eigenvalue weighted by molar-refractivity contribution is -0.132. The average Bonchev–Trinajstić information content (AvgIpc) is 3.01. The van der Waals surface area contributed by atoms with Gasteiger partial charge < -0.3 is 25.8 Å². The van der Waals surface area contributed by atoms with Crippen molar-refractivity contribution in [3.8, 4) is 0 Å². The van der Waals surface area contributed by atoms with Gasteiger partial charge in [0.15, 0.2) is 0 Å². The molecule has 4 N–H and O–H groups in total. The number of H-pyrrole nitrogens is 1. The average molecular weight is 368 g/mol. The predicted molar refractivity (Wildman–Crippen MR) is 95.1 cm³/mol. The van der Waals surface area contributed by atoms with Gasteiger partial charge in [0.2, 0.25) is 11.8 Å². The quantitative estimate of drug-likeness (QED) is 0.488. The molecule has 0 aromatic carbocycles. The topological polar surface area (TPSA) is 119 Å². The Morgan fingerprint density at radius 2 is 2.28 bits per heavy atom. The maximum atomic E-state index is 12.3. The van der Waals surface area contributed by atoms with Gasteiger partial charge in [0, 0.05) is 43.9 Å². The number of thioether (sulfide) groups is 1. The molecule has 10 heteroatoms. The van der Waals surface area contributed by atoms with Gasteiger partial charge in [-0.2, -0.15) is 11.8 Å². The molecule has 0 radical (unpaired) electrons. The van der Waals surface area contributed by atoms with Crippen LogP contribution in [0.4, 0.5) is 4.79 Å². The lowest BCUT2D eigenvalue weighted by atomic mass is 10.1. The monoisotopic (exact) mass is 368 g/mol. The van der Waals surface area contributed by atoms with Crippen LogP contribution in [0.5, 0.6) is 0 Å². The molecule has 0 saturated carbocycles. The first-order valence-electron chi connectivity index (χ1n) is 8.12. The summed E-state index contributed by atoms with van der Waals surface area (Å²) in [7, 11) is 1.51. The van der Waals surface area contributed by atoms with Gasteiger partial charge in [0.25, 0.3) is 0 Å². The van der Waals surface area contributed by atoms with Crippen LogP contribution in [0.15, 0.2) is 6.33 Å². The minimum atomic E-state index is -0.770. The Labute approximate surface area is 150 Å². The first kappa shape index (κ1) is 19.1. The van der Waals surface area contributed by atoms with Gasteiger partial charge in [0.05, 0.1) is 18.4 Å². The zero-order valence-corrected chi connectivity index (χ0v) is 15.2. The summed E-state index contributed by atoms with van der Waals surface area (Å²) in [5.74, 6) is 0.938. The molecular weight excluding hydrogens is 344 g/mol. The second kappa shape index (κ2) is 9.30. The van der Waals surface area contributed by atoms with Crippen molar-refractivity contribution < 1.29 is 14.4 Å². The maximum Gasteiger partial charge on any atom is 0.318 e.